The second-order valence-corrected chi connectivity index (χ2v) is 4.29. The highest BCUT2D eigenvalue weighted by atomic mass is 16.1. The Balaban J connectivity index is 0.000000131. The number of nitrogens with zero attached hydrogens (tertiary/aromatic N) is 4. The molecule has 4 rings (SSSR count). The Hall–Kier alpha value is -2.82. The molecular weight excluding hydrogens is 252 g/mol. The Morgan fingerprint density at radius 2 is 1.95 bits per heavy atom. The molecule has 0 aliphatic rings. The number of aromatic nitrogens is 4. The van der Waals surface area contributed by atoms with Crippen LogP contribution in [0.4, 0.5) is 0 Å². The third-order valence-corrected chi connectivity index (χ3v) is 2.96. The normalized spacial score (nSPS) is 10.6. The summed E-state index contributed by atoms with van der Waals surface area (Å²) >= 11 is 0. The van der Waals surface area contributed by atoms with E-state index >= 15 is 0 Å². The molecule has 0 saturated carbocycles. The first-order valence-electron chi connectivity index (χ1n) is 6.16. The molecule has 0 aliphatic carbocycles. The molecule has 0 unspecified atom stereocenters. The summed E-state index contributed by atoms with van der Waals surface area (Å²) in [4.78, 5) is 22.6. The van der Waals surface area contributed by atoms with E-state index < -0.39 is 0 Å². The number of allylic oxidation sites excluding steroid dienone is 1. The zero-order valence-corrected chi connectivity index (χ0v) is 10.7. The van der Waals surface area contributed by atoms with Gasteiger partial charge in [0.2, 0.25) is 0 Å². The van der Waals surface area contributed by atoms with Crippen LogP contribution in [0.1, 0.15) is 0 Å². The molecule has 98 valence electrons. The minimum Gasteiger partial charge on any atom is -0.311 e. The van der Waals surface area contributed by atoms with Gasteiger partial charge in [0, 0.05) is 17.3 Å². The third kappa shape index (κ3) is 2.21. The fraction of sp³-hybridized carbons (Fsp3) is 0.0667. The lowest BCUT2D eigenvalue weighted by molar-refractivity contribution is 0.838. The van der Waals surface area contributed by atoms with Crippen LogP contribution in [0, 0.1) is 0 Å². The summed E-state index contributed by atoms with van der Waals surface area (Å²) in [5.74, 6) is 0. The van der Waals surface area contributed by atoms with Crippen molar-refractivity contribution >= 4 is 21.9 Å². The summed E-state index contributed by atoms with van der Waals surface area (Å²) in [6, 6.07) is 7.45. The summed E-state index contributed by atoms with van der Waals surface area (Å²) in [5.41, 5.74) is 1.89. The van der Waals surface area contributed by atoms with Gasteiger partial charge in [0.25, 0.3) is 0 Å². The van der Waals surface area contributed by atoms with E-state index in [1.54, 1.807) is 12.5 Å². The van der Waals surface area contributed by atoms with E-state index in [0.29, 0.717) is 0 Å². The van der Waals surface area contributed by atoms with E-state index in [2.05, 4.69) is 21.5 Å². The van der Waals surface area contributed by atoms with Gasteiger partial charge >= 0.3 is 0 Å². The highest BCUT2D eigenvalue weighted by Crippen LogP contribution is 2.11. The Morgan fingerprint density at radius 1 is 1.20 bits per heavy atom. The quantitative estimate of drug-likeness (QED) is 0.520. The topological polar surface area (TPSA) is 60.7 Å². The molecule has 2 aromatic carbocycles. The molecule has 0 bridgehead atoms. The smallest absolute Gasteiger partial charge is 0.194 e. The predicted molar refractivity (Wildman–Crippen MR) is 78.1 cm³/mol. The van der Waals surface area contributed by atoms with Crippen LogP contribution >= 0.6 is 0 Å². The van der Waals surface area contributed by atoms with Gasteiger partial charge in [0.1, 0.15) is 11.8 Å². The van der Waals surface area contributed by atoms with Crippen LogP contribution in [0.5, 0.6) is 0 Å². The summed E-state index contributed by atoms with van der Waals surface area (Å²) in [7, 11) is 0. The summed E-state index contributed by atoms with van der Waals surface area (Å²) in [6.45, 7) is 4.38. The van der Waals surface area contributed by atoms with Crippen molar-refractivity contribution in [2.45, 2.75) is 6.54 Å². The molecule has 4 aromatic rings. The van der Waals surface area contributed by atoms with E-state index in [-0.39, 0.29) is 5.43 Å². The van der Waals surface area contributed by atoms with E-state index in [9.17, 15) is 4.79 Å². The fourth-order valence-corrected chi connectivity index (χ4v) is 1.92. The monoisotopic (exact) mass is 264 g/mol. The first-order valence-corrected chi connectivity index (χ1v) is 6.16. The maximum absolute atomic E-state index is 10.5. The van der Waals surface area contributed by atoms with Crippen LogP contribution in [0.3, 0.4) is 0 Å². The first-order chi connectivity index (χ1) is 9.81. The van der Waals surface area contributed by atoms with Gasteiger partial charge in [-0.1, -0.05) is 30.3 Å². The van der Waals surface area contributed by atoms with Crippen LogP contribution in [0.25, 0.3) is 21.9 Å². The zero-order chi connectivity index (χ0) is 13.9. The summed E-state index contributed by atoms with van der Waals surface area (Å²) in [6.07, 6.45) is 6.76. The Kier molecular flexibility index (Phi) is 3.09. The number of benzene rings is 1. The number of hydrogen-bond acceptors (Lipinski definition) is 4. The predicted octanol–water partition coefficient (Wildman–Crippen LogP) is 2.09. The molecule has 20 heavy (non-hydrogen) atoms. The highest BCUT2D eigenvalue weighted by Gasteiger charge is 2.07. The SMILES string of the molecule is C=CCn1cnc2cncnc21.O=c1c2ccccc12. The molecule has 0 N–H and O–H groups in total. The minimum atomic E-state index is 0.218. The molecule has 2 heterocycles. The van der Waals surface area contributed by atoms with Crippen molar-refractivity contribution in [2.24, 2.45) is 0 Å². The van der Waals surface area contributed by atoms with E-state index in [1.165, 1.54) is 6.33 Å². The fourth-order valence-electron chi connectivity index (χ4n) is 1.92. The van der Waals surface area contributed by atoms with Crippen LogP contribution < -0.4 is 5.43 Å². The molecule has 2 aromatic heterocycles. The zero-order valence-electron chi connectivity index (χ0n) is 10.7. The lowest BCUT2D eigenvalue weighted by Crippen LogP contribution is -1.93. The molecular formula is C15H12N4O. The Labute approximate surface area is 114 Å². The second kappa shape index (κ2) is 5.05. The number of rotatable bonds is 2. The van der Waals surface area contributed by atoms with Gasteiger partial charge in [-0.3, -0.25) is 4.79 Å². The number of fused-ring (bicyclic) bond motifs is 2. The van der Waals surface area contributed by atoms with Crippen molar-refractivity contribution in [3.05, 3.63) is 66.0 Å². The van der Waals surface area contributed by atoms with Crippen LogP contribution in [-0.2, 0) is 6.54 Å². The molecule has 0 amide bonds. The van der Waals surface area contributed by atoms with Crippen LogP contribution in [-0.4, -0.2) is 19.5 Å². The molecule has 5 heteroatoms. The van der Waals surface area contributed by atoms with Crippen molar-refractivity contribution in [1.82, 2.24) is 19.5 Å². The van der Waals surface area contributed by atoms with Gasteiger partial charge in [0.05, 0.1) is 12.5 Å². The molecule has 0 spiro atoms. The van der Waals surface area contributed by atoms with Gasteiger partial charge in [-0.2, -0.15) is 0 Å². The van der Waals surface area contributed by atoms with E-state index in [4.69, 9.17) is 0 Å². The second-order valence-electron chi connectivity index (χ2n) is 4.29. The van der Waals surface area contributed by atoms with Crippen LogP contribution in [0.15, 0.2) is 60.6 Å². The van der Waals surface area contributed by atoms with Gasteiger partial charge in [-0.15, -0.1) is 6.58 Å². The first kappa shape index (κ1) is 12.2. The Morgan fingerprint density at radius 3 is 2.60 bits per heavy atom. The van der Waals surface area contributed by atoms with Gasteiger partial charge in [-0.25, -0.2) is 15.0 Å². The van der Waals surface area contributed by atoms with Crippen molar-refractivity contribution in [1.29, 1.82) is 0 Å². The van der Waals surface area contributed by atoms with Crippen LogP contribution in [0.2, 0.25) is 0 Å². The average Bonchev–Trinajstić information content (AvgIpc) is 2.97. The van der Waals surface area contributed by atoms with Gasteiger partial charge in [0.15, 0.2) is 11.1 Å². The van der Waals surface area contributed by atoms with Crippen molar-refractivity contribution in [3.63, 3.8) is 0 Å². The maximum atomic E-state index is 10.5. The lowest BCUT2D eigenvalue weighted by Gasteiger charge is -1.95. The molecule has 0 saturated heterocycles. The van der Waals surface area contributed by atoms with Crippen molar-refractivity contribution in [2.75, 3.05) is 0 Å². The van der Waals surface area contributed by atoms with Gasteiger partial charge in [-0.05, 0) is 0 Å². The maximum Gasteiger partial charge on any atom is 0.194 e. The molecule has 0 aliphatic heterocycles. The summed E-state index contributed by atoms with van der Waals surface area (Å²) < 4.78 is 1.92. The van der Waals surface area contributed by atoms with Crippen molar-refractivity contribution in [3.8, 4) is 0 Å². The highest BCUT2D eigenvalue weighted by molar-refractivity contribution is 5.97. The third-order valence-electron chi connectivity index (χ3n) is 2.96. The molecule has 0 atom stereocenters. The lowest BCUT2D eigenvalue weighted by atomic mass is 10.4. The standard InChI is InChI=1S/C8H8N4.C7H4O/c1-2-3-12-6-11-7-4-9-5-10-8(7)12;8-7-5-3-1-2-4-6(5)7/h2,4-6H,1,3H2;1-4H. The van der Waals surface area contributed by atoms with Crippen molar-refractivity contribution < 1.29 is 0 Å². The van der Waals surface area contributed by atoms with Gasteiger partial charge < -0.3 is 4.57 Å². The average molecular weight is 264 g/mol. The van der Waals surface area contributed by atoms with E-state index in [1.807, 2.05) is 34.9 Å². The summed E-state index contributed by atoms with van der Waals surface area (Å²) in [5, 5.41) is 1.79. The molecule has 0 fully saturated rings. The number of hydrogen-bond donors (Lipinski definition) is 0. The largest absolute Gasteiger partial charge is 0.311 e. The molecule has 5 nitrogen and oxygen atoms in total. The molecule has 0 radical (unpaired) electrons. The van der Waals surface area contributed by atoms with E-state index in [0.717, 1.165) is 28.5 Å². The number of imidazole rings is 1. The Bertz CT molecular complexity index is 853. The minimum absolute atomic E-state index is 0.218.